The van der Waals surface area contributed by atoms with Gasteiger partial charge in [0.05, 0.1) is 7.11 Å². The van der Waals surface area contributed by atoms with Crippen LogP contribution in [0.2, 0.25) is 0 Å². The van der Waals surface area contributed by atoms with Crippen LogP contribution in [-0.4, -0.2) is 37.8 Å². The van der Waals surface area contributed by atoms with Gasteiger partial charge in [-0.25, -0.2) is 0 Å². The van der Waals surface area contributed by atoms with Gasteiger partial charge in [-0.2, -0.15) is 11.8 Å². The molecule has 2 heterocycles. The molecule has 2 aliphatic rings. The molecule has 0 saturated carbocycles. The minimum Gasteiger partial charge on any atom is -0.493 e. The summed E-state index contributed by atoms with van der Waals surface area (Å²) in [7, 11) is 1.74. The summed E-state index contributed by atoms with van der Waals surface area (Å²) in [5.74, 6) is 4.96. The first-order valence-electron chi connectivity index (χ1n) is 8.47. The van der Waals surface area contributed by atoms with Crippen LogP contribution in [0.25, 0.3) is 0 Å². The van der Waals surface area contributed by atoms with Crippen LogP contribution < -0.4 is 14.8 Å². The molecule has 3 nitrogen and oxygen atoms in total. The molecule has 1 aromatic carbocycles. The molecule has 0 radical (unpaired) electrons. The van der Waals surface area contributed by atoms with Crippen LogP contribution in [0.3, 0.4) is 0 Å². The van der Waals surface area contributed by atoms with E-state index in [9.17, 15) is 0 Å². The predicted octanol–water partition coefficient (Wildman–Crippen LogP) is 3.51. The van der Waals surface area contributed by atoms with E-state index >= 15 is 0 Å². The molecule has 0 aromatic heterocycles. The predicted molar refractivity (Wildman–Crippen MR) is 93.3 cm³/mol. The Labute approximate surface area is 138 Å². The first-order valence-corrected chi connectivity index (χ1v) is 9.62. The van der Waals surface area contributed by atoms with Crippen LogP contribution in [0.1, 0.15) is 31.2 Å². The maximum atomic E-state index is 6.17. The fourth-order valence-electron chi connectivity index (χ4n) is 3.34. The maximum Gasteiger partial charge on any atom is 0.161 e. The van der Waals surface area contributed by atoms with Crippen molar-refractivity contribution in [3.63, 3.8) is 0 Å². The van der Waals surface area contributed by atoms with E-state index in [-0.39, 0.29) is 0 Å². The highest BCUT2D eigenvalue weighted by Gasteiger charge is 2.18. The summed E-state index contributed by atoms with van der Waals surface area (Å²) in [6.45, 7) is 2.31. The summed E-state index contributed by atoms with van der Waals surface area (Å²) >= 11 is 1.99. The standard InChI is InChI=1S/C18H27NO2S/c1-20-18-12-15(11-14-6-8-19-9-7-14)4-5-17(18)21-16-3-2-10-22-13-16/h4-5,12,14,16,19H,2-3,6-11,13H2,1H3. The van der Waals surface area contributed by atoms with Gasteiger partial charge >= 0.3 is 0 Å². The number of thioether (sulfide) groups is 1. The lowest BCUT2D eigenvalue weighted by Crippen LogP contribution is -2.28. The van der Waals surface area contributed by atoms with Crippen LogP contribution in [0.15, 0.2) is 18.2 Å². The van der Waals surface area contributed by atoms with Gasteiger partial charge in [0.1, 0.15) is 6.10 Å². The fraction of sp³-hybridized carbons (Fsp3) is 0.667. The van der Waals surface area contributed by atoms with Gasteiger partial charge in [-0.3, -0.25) is 0 Å². The van der Waals surface area contributed by atoms with Gasteiger partial charge in [0.25, 0.3) is 0 Å². The highest BCUT2D eigenvalue weighted by Crippen LogP contribution is 2.32. The quantitative estimate of drug-likeness (QED) is 0.899. The molecule has 4 heteroatoms. The Morgan fingerprint density at radius 2 is 2.05 bits per heavy atom. The molecule has 0 bridgehead atoms. The molecule has 0 amide bonds. The van der Waals surface area contributed by atoms with E-state index in [0.717, 1.165) is 49.1 Å². The Balaban J connectivity index is 1.64. The van der Waals surface area contributed by atoms with E-state index in [1.165, 1.54) is 30.6 Å². The SMILES string of the molecule is COc1cc(CC2CCNCC2)ccc1OC1CCCSC1. The van der Waals surface area contributed by atoms with Crippen molar-refractivity contribution in [1.82, 2.24) is 5.32 Å². The Hall–Kier alpha value is -0.870. The number of ether oxygens (including phenoxy) is 2. The summed E-state index contributed by atoms with van der Waals surface area (Å²) in [6, 6.07) is 6.50. The first kappa shape index (κ1) is 16.0. The van der Waals surface area contributed by atoms with Crippen LogP contribution >= 0.6 is 11.8 Å². The Bertz CT molecular complexity index is 468. The van der Waals surface area contributed by atoms with Crippen molar-refractivity contribution in [2.75, 3.05) is 31.7 Å². The molecule has 1 aromatic rings. The van der Waals surface area contributed by atoms with E-state index in [1.54, 1.807) is 7.11 Å². The molecule has 1 N–H and O–H groups in total. The fourth-order valence-corrected chi connectivity index (χ4v) is 4.37. The van der Waals surface area contributed by atoms with Crippen molar-refractivity contribution < 1.29 is 9.47 Å². The van der Waals surface area contributed by atoms with E-state index in [4.69, 9.17) is 9.47 Å². The van der Waals surface area contributed by atoms with Crippen LogP contribution in [0.4, 0.5) is 0 Å². The minimum atomic E-state index is 0.336. The third kappa shape index (κ3) is 4.32. The number of piperidine rings is 1. The van der Waals surface area contributed by atoms with Gasteiger partial charge in [-0.15, -0.1) is 0 Å². The summed E-state index contributed by atoms with van der Waals surface area (Å²) in [5, 5.41) is 3.43. The summed E-state index contributed by atoms with van der Waals surface area (Å²) in [6.07, 6.45) is 6.46. The second-order valence-corrected chi connectivity index (χ2v) is 7.49. The third-order valence-corrected chi connectivity index (χ3v) is 5.81. The highest BCUT2D eigenvalue weighted by molar-refractivity contribution is 7.99. The summed E-state index contributed by atoms with van der Waals surface area (Å²) in [4.78, 5) is 0. The van der Waals surface area contributed by atoms with Gasteiger partial charge in [0, 0.05) is 5.75 Å². The molecule has 1 unspecified atom stereocenters. The topological polar surface area (TPSA) is 30.5 Å². The first-order chi connectivity index (χ1) is 10.8. The number of nitrogens with one attached hydrogen (secondary N) is 1. The van der Waals surface area contributed by atoms with E-state index in [1.807, 2.05) is 11.8 Å². The Kier molecular flexibility index (Phi) is 5.90. The van der Waals surface area contributed by atoms with Crippen molar-refractivity contribution in [2.45, 2.75) is 38.2 Å². The molecule has 2 fully saturated rings. The van der Waals surface area contributed by atoms with Gasteiger partial charge < -0.3 is 14.8 Å². The molecular weight excluding hydrogens is 294 g/mol. The lowest BCUT2D eigenvalue weighted by atomic mass is 9.91. The van der Waals surface area contributed by atoms with Crippen LogP contribution in [0.5, 0.6) is 11.5 Å². The molecular formula is C18H27NO2S. The number of hydrogen-bond donors (Lipinski definition) is 1. The zero-order chi connectivity index (χ0) is 15.2. The molecule has 1 atom stereocenters. The molecule has 0 aliphatic carbocycles. The zero-order valence-electron chi connectivity index (χ0n) is 13.5. The average molecular weight is 321 g/mol. The average Bonchev–Trinajstić information content (AvgIpc) is 2.58. The Morgan fingerprint density at radius 1 is 1.18 bits per heavy atom. The number of methoxy groups -OCH3 is 1. The second kappa shape index (κ2) is 8.11. The van der Waals surface area contributed by atoms with Crippen molar-refractivity contribution >= 4 is 11.8 Å². The van der Waals surface area contributed by atoms with Gasteiger partial charge in [-0.1, -0.05) is 6.07 Å². The third-order valence-electron chi connectivity index (χ3n) is 4.62. The molecule has 2 saturated heterocycles. The van der Waals surface area contributed by atoms with Crippen molar-refractivity contribution in [1.29, 1.82) is 0 Å². The number of rotatable bonds is 5. The monoisotopic (exact) mass is 321 g/mol. The highest BCUT2D eigenvalue weighted by atomic mass is 32.2. The van der Waals surface area contributed by atoms with Gasteiger partial charge in [0.15, 0.2) is 11.5 Å². The second-order valence-electron chi connectivity index (χ2n) is 6.34. The van der Waals surface area contributed by atoms with Gasteiger partial charge in [0.2, 0.25) is 0 Å². The van der Waals surface area contributed by atoms with E-state index in [2.05, 4.69) is 23.5 Å². The van der Waals surface area contributed by atoms with E-state index < -0.39 is 0 Å². The summed E-state index contributed by atoms with van der Waals surface area (Å²) < 4.78 is 11.7. The van der Waals surface area contributed by atoms with Crippen LogP contribution in [-0.2, 0) is 6.42 Å². The minimum absolute atomic E-state index is 0.336. The molecule has 22 heavy (non-hydrogen) atoms. The molecule has 3 rings (SSSR count). The largest absolute Gasteiger partial charge is 0.493 e. The van der Waals surface area contributed by atoms with Crippen molar-refractivity contribution in [3.05, 3.63) is 23.8 Å². The Morgan fingerprint density at radius 3 is 2.77 bits per heavy atom. The molecule has 122 valence electrons. The zero-order valence-corrected chi connectivity index (χ0v) is 14.3. The molecule has 0 spiro atoms. The molecule has 2 aliphatic heterocycles. The van der Waals surface area contributed by atoms with Crippen molar-refractivity contribution in [2.24, 2.45) is 5.92 Å². The number of hydrogen-bond acceptors (Lipinski definition) is 4. The van der Waals surface area contributed by atoms with Crippen LogP contribution in [0, 0.1) is 5.92 Å². The lowest BCUT2D eigenvalue weighted by molar-refractivity contribution is 0.202. The lowest BCUT2D eigenvalue weighted by Gasteiger charge is -2.25. The normalized spacial score (nSPS) is 23.2. The van der Waals surface area contributed by atoms with Gasteiger partial charge in [-0.05, 0) is 74.6 Å². The van der Waals surface area contributed by atoms with E-state index in [0.29, 0.717) is 6.10 Å². The summed E-state index contributed by atoms with van der Waals surface area (Å²) in [5.41, 5.74) is 1.37. The van der Waals surface area contributed by atoms with Crippen molar-refractivity contribution in [3.8, 4) is 11.5 Å². The maximum absolute atomic E-state index is 6.17. The smallest absolute Gasteiger partial charge is 0.161 e. The number of benzene rings is 1.